The van der Waals surface area contributed by atoms with Crippen LogP contribution in [0.1, 0.15) is 60.6 Å². The molecular formula is C18H27BN2O2. The predicted molar refractivity (Wildman–Crippen MR) is 97.0 cm³/mol. The molecule has 124 valence electrons. The summed E-state index contributed by atoms with van der Waals surface area (Å²) in [4.78, 5) is 8.95. The van der Waals surface area contributed by atoms with Gasteiger partial charge < -0.3 is 9.31 Å². The summed E-state index contributed by atoms with van der Waals surface area (Å²) in [5.74, 6) is 0. The van der Waals surface area contributed by atoms with Crippen LogP contribution in [0.25, 0.3) is 5.57 Å². The summed E-state index contributed by atoms with van der Waals surface area (Å²) in [5, 5.41) is 0. The zero-order valence-electron chi connectivity index (χ0n) is 15.3. The fourth-order valence-electron chi connectivity index (χ4n) is 2.12. The first kappa shape index (κ1) is 17.9. The Morgan fingerprint density at radius 1 is 1.17 bits per heavy atom. The van der Waals surface area contributed by atoms with Crippen molar-refractivity contribution in [2.24, 2.45) is 4.99 Å². The van der Waals surface area contributed by atoms with Gasteiger partial charge in [0, 0.05) is 23.6 Å². The van der Waals surface area contributed by atoms with Gasteiger partial charge in [-0.25, -0.2) is 0 Å². The highest BCUT2D eigenvalue weighted by Crippen LogP contribution is 2.36. The highest BCUT2D eigenvalue weighted by atomic mass is 16.7. The number of allylic oxidation sites excluding steroid dienone is 1. The third-order valence-electron chi connectivity index (χ3n) is 4.71. The molecular weight excluding hydrogens is 287 g/mol. The van der Waals surface area contributed by atoms with Gasteiger partial charge in [0.1, 0.15) is 0 Å². The van der Waals surface area contributed by atoms with E-state index < -0.39 is 0 Å². The molecule has 2 heterocycles. The van der Waals surface area contributed by atoms with Gasteiger partial charge in [0.25, 0.3) is 0 Å². The van der Waals surface area contributed by atoms with Crippen molar-refractivity contribution in [3.05, 3.63) is 30.2 Å². The monoisotopic (exact) mass is 314 g/mol. The van der Waals surface area contributed by atoms with Crippen molar-refractivity contribution in [2.45, 2.75) is 66.1 Å². The number of aliphatic imine (C=N–C) groups is 1. The van der Waals surface area contributed by atoms with E-state index in [1.54, 1.807) is 0 Å². The van der Waals surface area contributed by atoms with Crippen LogP contribution in [0, 0.1) is 0 Å². The van der Waals surface area contributed by atoms with Gasteiger partial charge in [-0.1, -0.05) is 13.0 Å². The molecule has 0 spiro atoms. The molecule has 0 amide bonds. The molecule has 0 N–H and O–H groups in total. The van der Waals surface area contributed by atoms with Crippen LogP contribution in [-0.2, 0) is 9.31 Å². The molecule has 0 aliphatic carbocycles. The Morgan fingerprint density at radius 2 is 1.78 bits per heavy atom. The smallest absolute Gasteiger partial charge is 0.399 e. The van der Waals surface area contributed by atoms with Gasteiger partial charge in [0.2, 0.25) is 0 Å². The summed E-state index contributed by atoms with van der Waals surface area (Å²) >= 11 is 0. The lowest BCUT2D eigenvalue weighted by atomic mass is 9.80. The van der Waals surface area contributed by atoms with Gasteiger partial charge in [-0.05, 0) is 59.6 Å². The van der Waals surface area contributed by atoms with Crippen LogP contribution in [0.15, 0.2) is 29.5 Å². The van der Waals surface area contributed by atoms with Crippen molar-refractivity contribution in [3.63, 3.8) is 0 Å². The average Bonchev–Trinajstić information content (AvgIpc) is 2.73. The Kier molecular flexibility index (Phi) is 5.12. The molecule has 1 aliphatic rings. The van der Waals surface area contributed by atoms with Crippen LogP contribution >= 0.6 is 0 Å². The van der Waals surface area contributed by atoms with Gasteiger partial charge in [-0.3, -0.25) is 9.98 Å². The summed E-state index contributed by atoms with van der Waals surface area (Å²) in [7, 11) is -0.369. The molecule has 23 heavy (non-hydrogen) atoms. The Morgan fingerprint density at radius 3 is 2.26 bits per heavy atom. The molecule has 1 saturated heterocycles. The van der Waals surface area contributed by atoms with Crippen molar-refractivity contribution in [1.82, 2.24) is 4.98 Å². The second-order valence-electron chi connectivity index (χ2n) is 7.10. The molecule has 1 aromatic rings. The molecule has 0 unspecified atom stereocenters. The van der Waals surface area contributed by atoms with Crippen LogP contribution in [0.3, 0.4) is 0 Å². The molecule has 2 rings (SSSR count). The highest BCUT2D eigenvalue weighted by Gasteiger charge is 2.51. The molecule has 0 atom stereocenters. The maximum atomic E-state index is 6.05. The summed E-state index contributed by atoms with van der Waals surface area (Å²) in [6, 6.07) is 4.00. The molecule has 0 aromatic carbocycles. The Labute approximate surface area is 140 Å². The SMILES string of the molecule is CC/C(C)=N\C=C(/C)c1ccc(B2OC(C)(C)C(C)(C)O2)cn1. The van der Waals surface area contributed by atoms with Gasteiger partial charge in [-0.15, -0.1) is 0 Å². The third kappa shape index (κ3) is 3.90. The van der Waals surface area contributed by atoms with Gasteiger partial charge >= 0.3 is 7.12 Å². The fourth-order valence-corrected chi connectivity index (χ4v) is 2.12. The zero-order chi connectivity index (χ0) is 17.3. The molecule has 0 radical (unpaired) electrons. The maximum Gasteiger partial charge on any atom is 0.496 e. The van der Waals surface area contributed by atoms with Crippen LogP contribution in [-0.4, -0.2) is 29.0 Å². The molecule has 0 bridgehead atoms. The molecule has 0 saturated carbocycles. The number of hydrogen-bond donors (Lipinski definition) is 0. The number of hydrogen-bond acceptors (Lipinski definition) is 4. The first-order valence-corrected chi connectivity index (χ1v) is 8.18. The maximum absolute atomic E-state index is 6.05. The van der Waals surface area contributed by atoms with Crippen LogP contribution < -0.4 is 5.46 Å². The van der Waals surface area contributed by atoms with E-state index in [-0.39, 0.29) is 18.3 Å². The minimum atomic E-state index is -0.369. The minimum absolute atomic E-state index is 0.335. The molecule has 4 nitrogen and oxygen atoms in total. The lowest BCUT2D eigenvalue weighted by Crippen LogP contribution is -2.41. The summed E-state index contributed by atoms with van der Waals surface area (Å²) in [5.41, 5.74) is 3.33. The Hall–Kier alpha value is -1.46. The Bertz CT molecular complexity index is 602. The number of rotatable bonds is 4. The van der Waals surface area contributed by atoms with Gasteiger partial charge in [-0.2, -0.15) is 0 Å². The molecule has 1 aliphatic heterocycles. The second kappa shape index (κ2) is 6.58. The van der Waals surface area contributed by atoms with E-state index in [9.17, 15) is 0 Å². The third-order valence-corrected chi connectivity index (χ3v) is 4.71. The second-order valence-corrected chi connectivity index (χ2v) is 7.10. The van der Waals surface area contributed by atoms with Crippen LogP contribution in [0.2, 0.25) is 0 Å². The standard InChI is InChI=1S/C18H27BN2O2/c1-8-14(3)20-11-13(2)16-10-9-15(12-21-16)19-22-17(4,5)18(6,7)23-19/h9-12H,8H2,1-7H3/b13-11+,20-14-. The van der Waals surface area contributed by atoms with Gasteiger partial charge in [0.15, 0.2) is 0 Å². The van der Waals surface area contributed by atoms with Crippen molar-refractivity contribution in [3.8, 4) is 0 Å². The minimum Gasteiger partial charge on any atom is -0.399 e. The quantitative estimate of drug-likeness (QED) is 0.630. The van der Waals surface area contributed by atoms with E-state index >= 15 is 0 Å². The first-order chi connectivity index (χ1) is 10.7. The zero-order valence-corrected chi connectivity index (χ0v) is 15.3. The van der Waals surface area contributed by atoms with E-state index in [1.165, 1.54) is 0 Å². The van der Waals surface area contributed by atoms with Crippen molar-refractivity contribution < 1.29 is 9.31 Å². The van der Waals surface area contributed by atoms with Crippen molar-refractivity contribution in [1.29, 1.82) is 0 Å². The van der Waals surface area contributed by atoms with E-state index in [4.69, 9.17) is 9.31 Å². The van der Waals surface area contributed by atoms with Crippen molar-refractivity contribution >= 4 is 23.9 Å². The normalized spacial score (nSPS) is 20.9. The van der Waals surface area contributed by atoms with Crippen molar-refractivity contribution in [2.75, 3.05) is 0 Å². The number of pyridine rings is 1. The number of nitrogens with zero attached hydrogens (tertiary/aromatic N) is 2. The molecule has 1 aromatic heterocycles. The largest absolute Gasteiger partial charge is 0.496 e. The van der Waals surface area contributed by atoms with Crippen LogP contribution in [0.4, 0.5) is 0 Å². The summed E-state index contributed by atoms with van der Waals surface area (Å²) < 4.78 is 12.1. The molecule has 1 fully saturated rings. The first-order valence-electron chi connectivity index (χ1n) is 8.18. The fraction of sp³-hybridized carbons (Fsp3) is 0.556. The topological polar surface area (TPSA) is 43.7 Å². The number of aromatic nitrogens is 1. The van der Waals surface area contributed by atoms with E-state index in [0.29, 0.717) is 0 Å². The summed E-state index contributed by atoms with van der Waals surface area (Å²) in [6.45, 7) is 14.3. The lowest BCUT2D eigenvalue weighted by molar-refractivity contribution is 0.00578. The van der Waals surface area contributed by atoms with E-state index in [0.717, 1.165) is 28.9 Å². The Balaban J connectivity index is 2.15. The van der Waals surface area contributed by atoms with Crippen LogP contribution in [0.5, 0.6) is 0 Å². The van der Waals surface area contributed by atoms with E-state index in [2.05, 4.69) is 44.6 Å². The predicted octanol–water partition coefficient (Wildman–Crippen LogP) is 3.61. The van der Waals surface area contributed by atoms with Gasteiger partial charge in [0.05, 0.1) is 16.9 Å². The highest BCUT2D eigenvalue weighted by molar-refractivity contribution is 6.62. The summed E-state index contributed by atoms with van der Waals surface area (Å²) in [6.07, 6.45) is 4.65. The van der Waals surface area contributed by atoms with E-state index in [1.807, 2.05) is 38.4 Å². The lowest BCUT2D eigenvalue weighted by Gasteiger charge is -2.32. The molecule has 5 heteroatoms. The average molecular weight is 314 g/mol.